The lowest BCUT2D eigenvalue weighted by Crippen LogP contribution is -2.52. The van der Waals surface area contributed by atoms with Crippen LogP contribution >= 0.6 is 0 Å². The van der Waals surface area contributed by atoms with Gasteiger partial charge in [-0.05, 0) is 42.7 Å². The van der Waals surface area contributed by atoms with Crippen molar-refractivity contribution in [2.45, 2.75) is 37.9 Å². The van der Waals surface area contributed by atoms with Crippen molar-refractivity contribution in [2.75, 3.05) is 18.6 Å². The van der Waals surface area contributed by atoms with Crippen LogP contribution in [0.5, 0.6) is 5.75 Å². The fraction of sp³-hybridized carbons (Fsp3) is 0.381. The highest BCUT2D eigenvalue weighted by Gasteiger charge is 2.43. The summed E-state index contributed by atoms with van der Waals surface area (Å²) in [5, 5.41) is 0. The smallest absolute Gasteiger partial charge is 0.227 e. The maximum atomic E-state index is 12.6. The quantitative estimate of drug-likeness (QED) is 0.857. The molecule has 2 heterocycles. The van der Waals surface area contributed by atoms with Crippen molar-refractivity contribution in [3.05, 3.63) is 60.2 Å². The van der Waals surface area contributed by atoms with Crippen molar-refractivity contribution in [1.82, 2.24) is 4.90 Å². The molecule has 130 valence electrons. The summed E-state index contributed by atoms with van der Waals surface area (Å²) in [6, 6.07) is 19.2. The summed E-state index contributed by atoms with van der Waals surface area (Å²) in [7, 11) is 1.69. The van der Waals surface area contributed by atoms with E-state index in [1.807, 2.05) is 47.4 Å². The van der Waals surface area contributed by atoms with Crippen LogP contribution in [-0.4, -0.2) is 36.5 Å². The van der Waals surface area contributed by atoms with E-state index in [1.165, 1.54) is 5.56 Å². The van der Waals surface area contributed by atoms with Crippen molar-refractivity contribution >= 4 is 11.6 Å². The molecule has 0 aromatic heterocycles. The minimum atomic E-state index is 0.263. The van der Waals surface area contributed by atoms with Gasteiger partial charge in [-0.3, -0.25) is 9.69 Å². The molecule has 25 heavy (non-hydrogen) atoms. The SMILES string of the molecule is COc1ccc(CN2CC[C@@H]3[C@H]2CCC(=O)N3c2ccccc2)cc1. The first-order valence-electron chi connectivity index (χ1n) is 9.00. The first kappa shape index (κ1) is 16.2. The molecule has 0 bridgehead atoms. The van der Waals surface area contributed by atoms with Gasteiger partial charge in [-0.15, -0.1) is 0 Å². The molecule has 2 saturated heterocycles. The number of rotatable bonds is 4. The van der Waals surface area contributed by atoms with Crippen LogP contribution in [0, 0.1) is 0 Å². The third-order valence-electron chi connectivity index (χ3n) is 5.46. The van der Waals surface area contributed by atoms with E-state index < -0.39 is 0 Å². The molecule has 0 radical (unpaired) electrons. The molecular weight excluding hydrogens is 312 g/mol. The van der Waals surface area contributed by atoms with Crippen molar-refractivity contribution in [1.29, 1.82) is 0 Å². The maximum Gasteiger partial charge on any atom is 0.227 e. The van der Waals surface area contributed by atoms with Crippen LogP contribution in [0.4, 0.5) is 5.69 Å². The number of para-hydroxylation sites is 1. The van der Waals surface area contributed by atoms with E-state index >= 15 is 0 Å². The van der Waals surface area contributed by atoms with E-state index in [1.54, 1.807) is 7.11 Å². The molecule has 2 aliphatic rings. The highest BCUT2D eigenvalue weighted by molar-refractivity contribution is 5.95. The van der Waals surface area contributed by atoms with Gasteiger partial charge in [0.05, 0.1) is 13.2 Å². The summed E-state index contributed by atoms with van der Waals surface area (Å²) >= 11 is 0. The van der Waals surface area contributed by atoms with Crippen LogP contribution in [0.2, 0.25) is 0 Å². The van der Waals surface area contributed by atoms with Gasteiger partial charge in [-0.1, -0.05) is 30.3 Å². The van der Waals surface area contributed by atoms with Crippen LogP contribution in [-0.2, 0) is 11.3 Å². The van der Waals surface area contributed by atoms with Gasteiger partial charge in [-0.25, -0.2) is 0 Å². The minimum absolute atomic E-state index is 0.263. The second kappa shape index (κ2) is 6.89. The Morgan fingerprint density at radius 2 is 1.76 bits per heavy atom. The van der Waals surface area contributed by atoms with Gasteiger partial charge in [0.1, 0.15) is 5.75 Å². The number of amides is 1. The highest BCUT2D eigenvalue weighted by atomic mass is 16.5. The summed E-state index contributed by atoms with van der Waals surface area (Å²) in [6.07, 6.45) is 2.64. The van der Waals surface area contributed by atoms with Gasteiger partial charge in [0.25, 0.3) is 0 Å². The fourth-order valence-corrected chi connectivity index (χ4v) is 4.24. The lowest BCUT2D eigenvalue weighted by molar-refractivity contribution is -0.120. The predicted molar refractivity (Wildman–Crippen MR) is 98.8 cm³/mol. The zero-order chi connectivity index (χ0) is 17.2. The second-order valence-electron chi connectivity index (χ2n) is 6.88. The zero-order valence-electron chi connectivity index (χ0n) is 14.6. The Labute approximate surface area is 149 Å². The Morgan fingerprint density at radius 3 is 2.48 bits per heavy atom. The summed E-state index contributed by atoms with van der Waals surface area (Å²) in [5.41, 5.74) is 2.33. The average molecular weight is 336 g/mol. The normalized spacial score (nSPS) is 23.6. The first-order chi connectivity index (χ1) is 12.3. The number of ether oxygens (including phenoxy) is 1. The maximum absolute atomic E-state index is 12.6. The predicted octanol–water partition coefficient (Wildman–Crippen LogP) is 3.47. The largest absolute Gasteiger partial charge is 0.497 e. The van der Waals surface area contributed by atoms with E-state index in [-0.39, 0.29) is 5.91 Å². The molecule has 1 amide bonds. The molecule has 2 aromatic carbocycles. The number of carbonyl (C=O) groups is 1. The Morgan fingerprint density at radius 1 is 1.00 bits per heavy atom. The summed E-state index contributed by atoms with van der Waals surface area (Å²) in [5.74, 6) is 1.15. The number of hydrogen-bond donors (Lipinski definition) is 0. The molecule has 0 N–H and O–H groups in total. The Hall–Kier alpha value is -2.33. The van der Waals surface area contributed by atoms with E-state index in [2.05, 4.69) is 17.0 Å². The Balaban J connectivity index is 1.51. The van der Waals surface area contributed by atoms with E-state index in [4.69, 9.17) is 4.74 Å². The number of methoxy groups -OCH3 is 1. The van der Waals surface area contributed by atoms with Gasteiger partial charge >= 0.3 is 0 Å². The van der Waals surface area contributed by atoms with E-state index in [0.717, 1.165) is 37.4 Å². The van der Waals surface area contributed by atoms with Gasteiger partial charge in [-0.2, -0.15) is 0 Å². The molecular formula is C21H24N2O2. The highest BCUT2D eigenvalue weighted by Crippen LogP contribution is 2.35. The van der Waals surface area contributed by atoms with E-state index in [9.17, 15) is 4.79 Å². The van der Waals surface area contributed by atoms with Crippen LogP contribution in [0.1, 0.15) is 24.8 Å². The van der Waals surface area contributed by atoms with Crippen LogP contribution in [0.25, 0.3) is 0 Å². The van der Waals surface area contributed by atoms with Crippen molar-refractivity contribution in [2.24, 2.45) is 0 Å². The topological polar surface area (TPSA) is 32.8 Å². The van der Waals surface area contributed by atoms with Crippen molar-refractivity contribution in [3.8, 4) is 5.75 Å². The van der Waals surface area contributed by atoms with Crippen molar-refractivity contribution < 1.29 is 9.53 Å². The molecule has 4 rings (SSSR count). The molecule has 2 fully saturated rings. The summed E-state index contributed by atoms with van der Waals surface area (Å²) < 4.78 is 5.24. The molecule has 2 aromatic rings. The fourth-order valence-electron chi connectivity index (χ4n) is 4.24. The number of piperidine rings is 1. The third kappa shape index (κ3) is 3.14. The summed E-state index contributed by atoms with van der Waals surface area (Å²) in [6.45, 7) is 1.97. The molecule has 0 unspecified atom stereocenters. The lowest BCUT2D eigenvalue weighted by atomic mass is 9.95. The number of carbonyl (C=O) groups excluding carboxylic acids is 1. The van der Waals surface area contributed by atoms with Gasteiger partial charge in [0.15, 0.2) is 0 Å². The Bertz CT molecular complexity index is 729. The third-order valence-corrected chi connectivity index (χ3v) is 5.46. The standard InChI is InChI=1S/C21H24N2O2/c1-25-18-9-7-16(8-10-18)15-22-14-13-20-19(22)11-12-21(24)23(20)17-5-3-2-4-6-17/h2-10,19-20H,11-15H2,1H3/t19-,20-/m1/s1. The van der Waals surface area contributed by atoms with E-state index in [0.29, 0.717) is 18.5 Å². The second-order valence-corrected chi connectivity index (χ2v) is 6.88. The molecule has 0 aliphatic carbocycles. The van der Waals surface area contributed by atoms with Crippen LogP contribution in [0.3, 0.4) is 0 Å². The molecule has 4 nitrogen and oxygen atoms in total. The molecule has 2 atom stereocenters. The number of likely N-dealkylation sites (tertiary alicyclic amines) is 1. The van der Waals surface area contributed by atoms with Gasteiger partial charge < -0.3 is 9.64 Å². The first-order valence-corrected chi connectivity index (χ1v) is 9.00. The number of fused-ring (bicyclic) bond motifs is 1. The number of hydrogen-bond acceptors (Lipinski definition) is 3. The summed E-state index contributed by atoms with van der Waals surface area (Å²) in [4.78, 5) is 17.1. The Kier molecular flexibility index (Phi) is 4.45. The molecule has 0 spiro atoms. The van der Waals surface area contributed by atoms with Gasteiger partial charge in [0.2, 0.25) is 5.91 Å². The van der Waals surface area contributed by atoms with Crippen molar-refractivity contribution in [3.63, 3.8) is 0 Å². The molecule has 0 saturated carbocycles. The number of nitrogens with zero attached hydrogens (tertiary/aromatic N) is 2. The minimum Gasteiger partial charge on any atom is -0.497 e. The monoisotopic (exact) mass is 336 g/mol. The van der Waals surface area contributed by atoms with Crippen LogP contribution in [0.15, 0.2) is 54.6 Å². The van der Waals surface area contributed by atoms with Crippen LogP contribution < -0.4 is 9.64 Å². The average Bonchev–Trinajstić information content (AvgIpc) is 3.05. The number of benzene rings is 2. The zero-order valence-corrected chi connectivity index (χ0v) is 14.6. The molecule has 4 heteroatoms. The van der Waals surface area contributed by atoms with Gasteiger partial charge in [0, 0.05) is 31.2 Å². The lowest BCUT2D eigenvalue weighted by Gasteiger charge is -2.40. The number of anilines is 1. The molecule has 2 aliphatic heterocycles.